The van der Waals surface area contributed by atoms with Crippen molar-refractivity contribution >= 4 is 23.0 Å². The quantitative estimate of drug-likeness (QED) is 0.402. The molecule has 0 saturated heterocycles. The number of nitrogens with zero attached hydrogens (tertiary/aromatic N) is 1. The maximum Gasteiger partial charge on any atom is 0.348 e. The first-order chi connectivity index (χ1) is 16.5. The normalized spacial score (nSPS) is 33.8. The number of aliphatic hydroxyl groups excluding tert-OH is 1. The van der Waals surface area contributed by atoms with Gasteiger partial charge < -0.3 is 15.1 Å². The summed E-state index contributed by atoms with van der Waals surface area (Å²) < 4.78 is 0. The molecule has 1 aromatic rings. The molecule has 4 fully saturated rings. The van der Waals surface area contributed by atoms with Gasteiger partial charge in [-0.3, -0.25) is 0 Å². The third-order valence-electron chi connectivity index (χ3n) is 9.88. The van der Waals surface area contributed by atoms with E-state index in [-0.39, 0.29) is 12.0 Å². The van der Waals surface area contributed by atoms with Crippen LogP contribution in [0.3, 0.4) is 0 Å². The van der Waals surface area contributed by atoms with Gasteiger partial charge in [0, 0.05) is 16.8 Å². The number of aromatic carboxylic acids is 1. The van der Waals surface area contributed by atoms with Crippen LogP contribution >= 0.6 is 11.3 Å². The molecule has 4 aliphatic rings. The van der Waals surface area contributed by atoms with Gasteiger partial charge in [0.15, 0.2) is 0 Å². The number of hydrogen-bond donors (Lipinski definition) is 2. The Hall–Kier alpha value is -1.07. The number of carboxylic acid groups (broad SMARTS) is 1. The van der Waals surface area contributed by atoms with Gasteiger partial charge in [-0.15, -0.1) is 11.3 Å². The average Bonchev–Trinajstić information content (AvgIpc) is 3.30. The molecular formula is C29H45NO3S. The fourth-order valence-corrected chi connectivity index (χ4v) is 8.97. The van der Waals surface area contributed by atoms with Gasteiger partial charge in [-0.25, -0.2) is 4.79 Å². The zero-order chi connectivity index (χ0) is 23.7. The number of aliphatic hydroxyl groups is 1. The number of hydrogen-bond acceptors (Lipinski definition) is 4. The molecule has 34 heavy (non-hydrogen) atoms. The minimum absolute atomic E-state index is 0.250. The molecule has 1 aromatic heterocycles. The first-order valence-corrected chi connectivity index (χ1v) is 15.2. The van der Waals surface area contributed by atoms with E-state index in [1.54, 1.807) is 0 Å². The average molecular weight is 488 g/mol. The Labute approximate surface area is 210 Å². The lowest BCUT2D eigenvalue weighted by Gasteiger charge is -2.47. The number of anilines is 1. The predicted molar refractivity (Wildman–Crippen MR) is 140 cm³/mol. The number of rotatable bonds is 6. The van der Waals surface area contributed by atoms with E-state index in [2.05, 4.69) is 17.9 Å². The highest BCUT2D eigenvalue weighted by Crippen LogP contribution is 2.47. The fraction of sp³-hybridized carbons (Fsp3) is 0.828. The highest BCUT2D eigenvalue weighted by Gasteiger charge is 2.41. The smallest absolute Gasteiger partial charge is 0.348 e. The predicted octanol–water partition coefficient (Wildman–Crippen LogP) is 7.80. The highest BCUT2D eigenvalue weighted by molar-refractivity contribution is 7.14. The molecule has 4 aliphatic carbocycles. The summed E-state index contributed by atoms with van der Waals surface area (Å²) in [5.41, 5.74) is 0.837. The maximum absolute atomic E-state index is 12.5. The lowest BCUT2D eigenvalue weighted by atomic mass is 9.69. The summed E-state index contributed by atoms with van der Waals surface area (Å²) in [6.07, 6.45) is 18.9. The van der Waals surface area contributed by atoms with Crippen molar-refractivity contribution in [2.45, 2.75) is 128 Å². The van der Waals surface area contributed by atoms with Crippen LogP contribution in [0.25, 0.3) is 0 Å². The van der Waals surface area contributed by atoms with Crippen molar-refractivity contribution in [3.8, 4) is 0 Å². The van der Waals surface area contributed by atoms with Gasteiger partial charge in [-0.2, -0.15) is 0 Å². The van der Waals surface area contributed by atoms with Crippen molar-refractivity contribution in [2.24, 2.45) is 23.7 Å². The second kappa shape index (κ2) is 10.9. The fourth-order valence-electron chi connectivity index (χ4n) is 7.80. The van der Waals surface area contributed by atoms with Crippen molar-refractivity contribution in [2.75, 3.05) is 4.90 Å². The Morgan fingerprint density at radius 2 is 1.59 bits per heavy atom. The van der Waals surface area contributed by atoms with Crippen LogP contribution in [-0.2, 0) is 0 Å². The first kappa shape index (κ1) is 24.6. The molecule has 0 bridgehead atoms. The maximum atomic E-state index is 12.5. The zero-order valence-corrected chi connectivity index (χ0v) is 21.9. The van der Waals surface area contributed by atoms with Crippen molar-refractivity contribution in [3.63, 3.8) is 0 Å². The largest absolute Gasteiger partial charge is 0.477 e. The van der Waals surface area contributed by atoms with Crippen LogP contribution in [0.15, 0.2) is 6.07 Å². The van der Waals surface area contributed by atoms with E-state index in [1.165, 1.54) is 93.3 Å². The molecule has 1 heterocycles. The van der Waals surface area contributed by atoms with Crippen molar-refractivity contribution in [3.05, 3.63) is 15.8 Å². The summed E-state index contributed by atoms with van der Waals surface area (Å²) in [4.78, 5) is 16.4. The molecule has 4 nitrogen and oxygen atoms in total. The highest BCUT2D eigenvalue weighted by atomic mass is 32.1. The molecule has 2 N–H and O–H groups in total. The monoisotopic (exact) mass is 487 g/mol. The van der Waals surface area contributed by atoms with Crippen molar-refractivity contribution in [1.29, 1.82) is 0 Å². The molecule has 4 atom stereocenters. The lowest BCUT2D eigenvalue weighted by molar-refractivity contribution is 0.0509. The Kier molecular flexibility index (Phi) is 7.89. The molecule has 4 unspecified atom stereocenters. The van der Waals surface area contributed by atoms with Gasteiger partial charge in [0.2, 0.25) is 0 Å². The van der Waals surface area contributed by atoms with Crippen LogP contribution in [0.5, 0.6) is 0 Å². The molecule has 0 spiro atoms. The number of carboxylic acids is 1. The Morgan fingerprint density at radius 1 is 0.912 bits per heavy atom. The molecule has 0 aromatic carbocycles. The molecule has 5 rings (SSSR count). The minimum Gasteiger partial charge on any atom is -0.477 e. The van der Waals surface area contributed by atoms with Crippen LogP contribution in [-0.4, -0.2) is 28.5 Å². The standard InChI is InChI=1S/C29H45NO3S/c1-19-11-13-22(14-12-19)28(31)30(24-16-15-20-7-5-6-10-23(20)17-24)25-18-26(34-27(25)29(32)33)21-8-3-2-4-9-21/h18-24,28,31H,2-17H2,1H3,(H,32,33). The van der Waals surface area contributed by atoms with Gasteiger partial charge in [0.25, 0.3) is 0 Å². The van der Waals surface area contributed by atoms with Gasteiger partial charge >= 0.3 is 5.97 Å². The summed E-state index contributed by atoms with van der Waals surface area (Å²) in [5.74, 6) is 2.26. The van der Waals surface area contributed by atoms with E-state index in [1.807, 2.05) is 0 Å². The van der Waals surface area contributed by atoms with E-state index >= 15 is 0 Å². The third kappa shape index (κ3) is 5.21. The second-order valence-electron chi connectivity index (χ2n) is 12.1. The van der Waals surface area contributed by atoms with Crippen LogP contribution < -0.4 is 4.90 Å². The molecule has 5 heteroatoms. The minimum atomic E-state index is -0.817. The zero-order valence-electron chi connectivity index (χ0n) is 21.1. The van der Waals surface area contributed by atoms with Crippen LogP contribution in [0.1, 0.15) is 130 Å². The number of fused-ring (bicyclic) bond motifs is 1. The SMILES string of the molecule is CC1CCC(C(O)N(c2cc(C3CCCCC3)sc2C(=O)O)C2CCC3CCCCC3C2)CC1. The van der Waals surface area contributed by atoms with Gasteiger partial charge in [-0.1, -0.05) is 64.7 Å². The van der Waals surface area contributed by atoms with E-state index in [0.29, 0.717) is 10.8 Å². The third-order valence-corrected chi connectivity index (χ3v) is 11.2. The van der Waals surface area contributed by atoms with Gasteiger partial charge in [0.1, 0.15) is 11.1 Å². The summed E-state index contributed by atoms with van der Waals surface area (Å²) >= 11 is 1.50. The number of carbonyl (C=O) groups is 1. The summed E-state index contributed by atoms with van der Waals surface area (Å²) in [7, 11) is 0. The summed E-state index contributed by atoms with van der Waals surface area (Å²) in [5, 5.41) is 22.1. The molecule has 0 aliphatic heterocycles. The first-order valence-electron chi connectivity index (χ1n) is 14.3. The summed E-state index contributed by atoms with van der Waals surface area (Å²) in [6, 6.07) is 2.46. The molecule has 0 amide bonds. The van der Waals surface area contributed by atoms with E-state index in [9.17, 15) is 15.0 Å². The topological polar surface area (TPSA) is 60.8 Å². The Balaban J connectivity index is 1.47. The van der Waals surface area contributed by atoms with Gasteiger partial charge in [0.05, 0.1) is 5.69 Å². The molecule has 0 radical (unpaired) electrons. The Bertz CT molecular complexity index is 823. The Morgan fingerprint density at radius 3 is 2.29 bits per heavy atom. The second-order valence-corrected chi connectivity index (χ2v) is 13.2. The molecule has 4 saturated carbocycles. The van der Waals surface area contributed by atoms with Crippen LogP contribution in [0.2, 0.25) is 0 Å². The van der Waals surface area contributed by atoms with Crippen molar-refractivity contribution < 1.29 is 15.0 Å². The van der Waals surface area contributed by atoms with Crippen LogP contribution in [0, 0.1) is 23.7 Å². The molecular weight excluding hydrogens is 442 g/mol. The van der Waals surface area contributed by atoms with E-state index in [0.717, 1.165) is 49.1 Å². The van der Waals surface area contributed by atoms with E-state index in [4.69, 9.17) is 0 Å². The lowest BCUT2D eigenvalue weighted by Crippen LogP contribution is -2.51. The van der Waals surface area contributed by atoms with E-state index < -0.39 is 12.2 Å². The van der Waals surface area contributed by atoms with Crippen LogP contribution in [0.4, 0.5) is 5.69 Å². The number of thiophene rings is 1. The van der Waals surface area contributed by atoms with Crippen molar-refractivity contribution in [1.82, 2.24) is 0 Å². The molecule has 190 valence electrons. The summed E-state index contributed by atoms with van der Waals surface area (Å²) in [6.45, 7) is 2.32. The van der Waals surface area contributed by atoms with Gasteiger partial charge in [-0.05, 0) is 74.7 Å².